The van der Waals surface area contributed by atoms with Crippen molar-refractivity contribution in [1.29, 1.82) is 0 Å². The maximum Gasteiger partial charge on any atom is 0.391 e. The van der Waals surface area contributed by atoms with Gasteiger partial charge in [-0.1, -0.05) is 29.3 Å². The van der Waals surface area contributed by atoms with Crippen LogP contribution in [0, 0.1) is 5.82 Å². The van der Waals surface area contributed by atoms with Gasteiger partial charge < -0.3 is 14.7 Å². The van der Waals surface area contributed by atoms with Crippen molar-refractivity contribution >= 4 is 73.6 Å². The second-order valence-corrected chi connectivity index (χ2v) is 12.6. The van der Waals surface area contributed by atoms with Crippen LogP contribution in [0.4, 0.5) is 15.8 Å². The van der Waals surface area contributed by atoms with Gasteiger partial charge in [-0.15, -0.1) is 11.3 Å². The molecule has 1 atom stereocenters. The monoisotopic (exact) mass is 561 g/mol. The van der Waals surface area contributed by atoms with Crippen LogP contribution in [0.25, 0.3) is 10.1 Å². The highest BCUT2D eigenvalue weighted by Gasteiger charge is 2.27. The molecule has 0 saturated carbocycles. The first-order valence-corrected chi connectivity index (χ1v) is 14.2. The van der Waals surface area contributed by atoms with Crippen molar-refractivity contribution in [1.82, 2.24) is 9.71 Å². The highest BCUT2D eigenvalue weighted by Crippen LogP contribution is 2.43. The number of hydrogen-bond acceptors (Lipinski definition) is 7. The topological polar surface area (TPSA) is 118 Å². The number of halogens is 3. The summed E-state index contributed by atoms with van der Waals surface area (Å²) < 4.78 is 58.8. The van der Waals surface area contributed by atoms with E-state index in [2.05, 4.69) is 15.0 Å². The third-order valence-electron chi connectivity index (χ3n) is 4.35. The molecule has 0 fully saturated rings. The van der Waals surface area contributed by atoms with Crippen LogP contribution < -0.4 is 14.6 Å². The predicted molar refractivity (Wildman–Crippen MR) is 131 cm³/mol. The molecule has 0 amide bonds. The lowest BCUT2D eigenvalue weighted by atomic mass is 10.3. The van der Waals surface area contributed by atoms with E-state index < -0.39 is 29.7 Å². The van der Waals surface area contributed by atoms with Crippen molar-refractivity contribution in [2.45, 2.75) is 4.21 Å². The van der Waals surface area contributed by atoms with E-state index >= 15 is 0 Å². The van der Waals surface area contributed by atoms with E-state index in [0.717, 1.165) is 11.3 Å². The van der Waals surface area contributed by atoms with Gasteiger partial charge in [0.2, 0.25) is 0 Å². The third-order valence-corrected chi connectivity index (χ3v) is 9.42. The number of nitrogens with one attached hydrogen (secondary N) is 2. The molecule has 0 aliphatic rings. The standard InChI is InChI=1S/C20H15Cl2FN3O5PS2/c21-17-4-5-18(22)20-16(17)8-19(33-20)34(29,30)25-11-32(27,28)31-15-7-14(9-24-10-15)26-13-3-1-2-12(23)6-13/h1-10,25-26H,11H2,(H,27,28). The molecule has 14 heteroatoms. The Labute approximate surface area is 207 Å². The largest absolute Gasteiger partial charge is 0.422 e. The zero-order valence-corrected chi connectivity index (χ0v) is 20.9. The van der Waals surface area contributed by atoms with Crippen LogP contribution in [0.1, 0.15) is 0 Å². The Morgan fingerprint density at radius 1 is 1.09 bits per heavy atom. The molecular weight excluding hydrogens is 547 g/mol. The number of aromatic nitrogens is 1. The van der Waals surface area contributed by atoms with Crippen LogP contribution in [-0.2, 0) is 14.6 Å². The van der Waals surface area contributed by atoms with Gasteiger partial charge in [-0.05, 0) is 36.4 Å². The molecule has 4 aromatic rings. The van der Waals surface area contributed by atoms with E-state index in [0.29, 0.717) is 31.5 Å². The molecule has 34 heavy (non-hydrogen) atoms. The van der Waals surface area contributed by atoms with Crippen LogP contribution in [-0.4, -0.2) is 24.6 Å². The number of sulfonamides is 1. The first kappa shape index (κ1) is 24.9. The average Bonchev–Trinajstić information content (AvgIpc) is 3.23. The van der Waals surface area contributed by atoms with Gasteiger partial charge in [0, 0.05) is 22.2 Å². The Kier molecular flexibility index (Phi) is 7.16. The summed E-state index contributed by atoms with van der Waals surface area (Å²) in [6.45, 7) is 0. The summed E-state index contributed by atoms with van der Waals surface area (Å²) in [6, 6.07) is 11.5. The summed E-state index contributed by atoms with van der Waals surface area (Å²) >= 11 is 13.1. The molecule has 3 N–H and O–H groups in total. The number of nitrogens with zero attached hydrogens (tertiary/aromatic N) is 1. The van der Waals surface area contributed by atoms with Gasteiger partial charge in [0.1, 0.15) is 22.1 Å². The summed E-state index contributed by atoms with van der Waals surface area (Å²) in [5.41, 5.74) is 0.796. The SMILES string of the molecule is O=P(O)(CNS(=O)(=O)c1cc2c(Cl)ccc(Cl)c2s1)Oc1cncc(Nc2cccc(F)c2)c1. The summed E-state index contributed by atoms with van der Waals surface area (Å²) in [5, 5.41) is 4.00. The average molecular weight is 562 g/mol. The molecule has 0 bridgehead atoms. The summed E-state index contributed by atoms with van der Waals surface area (Å²) in [4.78, 5) is 14.1. The van der Waals surface area contributed by atoms with Gasteiger partial charge in [-0.25, -0.2) is 17.4 Å². The first-order valence-electron chi connectivity index (χ1n) is 9.39. The number of benzene rings is 2. The minimum absolute atomic E-state index is 0.0909. The molecule has 2 aromatic carbocycles. The second kappa shape index (κ2) is 9.79. The summed E-state index contributed by atoms with van der Waals surface area (Å²) in [7, 11) is -8.62. The molecule has 0 aliphatic carbocycles. The minimum Gasteiger partial charge on any atom is -0.422 e. The summed E-state index contributed by atoms with van der Waals surface area (Å²) in [6.07, 6.45) is 1.69. The van der Waals surface area contributed by atoms with E-state index in [-0.39, 0.29) is 9.96 Å². The number of pyridine rings is 1. The Morgan fingerprint density at radius 3 is 2.59 bits per heavy atom. The lowest BCUT2D eigenvalue weighted by molar-refractivity contribution is 0.377. The number of anilines is 2. The van der Waals surface area contributed by atoms with Crippen molar-refractivity contribution in [3.05, 3.63) is 76.8 Å². The van der Waals surface area contributed by atoms with Crippen molar-refractivity contribution < 1.29 is 26.8 Å². The van der Waals surface area contributed by atoms with Gasteiger partial charge in [0.05, 0.1) is 27.8 Å². The highest BCUT2D eigenvalue weighted by molar-refractivity contribution is 7.92. The lowest BCUT2D eigenvalue weighted by Crippen LogP contribution is -2.25. The molecule has 0 saturated heterocycles. The zero-order valence-electron chi connectivity index (χ0n) is 16.9. The fourth-order valence-corrected chi connectivity index (χ4v) is 7.35. The van der Waals surface area contributed by atoms with Crippen LogP contribution in [0.3, 0.4) is 0 Å². The molecule has 2 aromatic heterocycles. The van der Waals surface area contributed by atoms with E-state index in [9.17, 15) is 22.3 Å². The molecule has 1 unspecified atom stereocenters. The highest BCUT2D eigenvalue weighted by atomic mass is 35.5. The smallest absolute Gasteiger partial charge is 0.391 e. The molecule has 0 spiro atoms. The van der Waals surface area contributed by atoms with E-state index in [4.69, 9.17) is 27.7 Å². The number of rotatable bonds is 8. The fraction of sp³-hybridized carbons (Fsp3) is 0.0500. The number of thiophene rings is 1. The predicted octanol–water partition coefficient (Wildman–Crippen LogP) is 5.99. The zero-order chi connectivity index (χ0) is 24.5. The van der Waals surface area contributed by atoms with Crippen molar-refractivity contribution in [3.8, 4) is 5.75 Å². The molecule has 178 valence electrons. The van der Waals surface area contributed by atoms with Crippen LogP contribution in [0.15, 0.2) is 65.1 Å². The van der Waals surface area contributed by atoms with Crippen molar-refractivity contribution in [2.24, 2.45) is 0 Å². The van der Waals surface area contributed by atoms with Crippen LogP contribution in [0.5, 0.6) is 5.75 Å². The first-order chi connectivity index (χ1) is 16.0. The minimum atomic E-state index is -4.46. The Morgan fingerprint density at radius 2 is 1.85 bits per heavy atom. The van der Waals surface area contributed by atoms with Gasteiger partial charge >= 0.3 is 7.60 Å². The second-order valence-electron chi connectivity index (χ2n) is 6.92. The van der Waals surface area contributed by atoms with Gasteiger partial charge in [0.25, 0.3) is 10.0 Å². The van der Waals surface area contributed by atoms with Crippen molar-refractivity contribution in [3.63, 3.8) is 0 Å². The molecule has 4 rings (SSSR count). The van der Waals surface area contributed by atoms with E-state index in [1.807, 2.05) is 0 Å². The maximum atomic E-state index is 13.4. The third kappa shape index (κ3) is 5.87. The quantitative estimate of drug-likeness (QED) is 0.226. The lowest BCUT2D eigenvalue weighted by Gasteiger charge is -2.14. The van der Waals surface area contributed by atoms with Crippen LogP contribution >= 0.6 is 42.1 Å². The molecule has 0 aliphatic heterocycles. The van der Waals surface area contributed by atoms with Crippen molar-refractivity contribution in [2.75, 3.05) is 11.6 Å². The Balaban J connectivity index is 1.46. The maximum absolute atomic E-state index is 13.4. The van der Waals surface area contributed by atoms with Gasteiger partial charge in [0.15, 0.2) is 0 Å². The number of fused-ring (bicyclic) bond motifs is 1. The fourth-order valence-electron chi connectivity index (χ4n) is 2.87. The van der Waals surface area contributed by atoms with E-state index in [1.54, 1.807) is 18.2 Å². The van der Waals surface area contributed by atoms with E-state index in [1.165, 1.54) is 42.7 Å². The molecule has 8 nitrogen and oxygen atoms in total. The summed E-state index contributed by atoms with van der Waals surface area (Å²) in [5.74, 6) is -0.535. The molecular formula is C20H15Cl2FN3O5PS2. The van der Waals surface area contributed by atoms with Gasteiger partial charge in [-0.2, -0.15) is 4.72 Å². The Hall–Kier alpha value is -2.24. The number of hydrogen-bond donors (Lipinski definition) is 3. The normalized spacial score (nSPS) is 13.5. The molecule has 2 heterocycles. The Bertz CT molecular complexity index is 1490. The molecule has 0 radical (unpaired) electrons. The van der Waals surface area contributed by atoms with Crippen LogP contribution in [0.2, 0.25) is 10.0 Å². The van der Waals surface area contributed by atoms with Gasteiger partial charge in [-0.3, -0.25) is 4.98 Å².